The summed E-state index contributed by atoms with van der Waals surface area (Å²) >= 11 is 0. The third kappa shape index (κ3) is 5.11. The number of carbonyl (C=O) groups excluding carboxylic acids is 1. The second kappa shape index (κ2) is 9.05. The molecule has 0 spiro atoms. The molecule has 2 aromatic carbocycles. The number of halogens is 6. The molecule has 0 aliphatic heterocycles. The van der Waals surface area contributed by atoms with Crippen molar-refractivity contribution in [2.24, 2.45) is 11.6 Å². The van der Waals surface area contributed by atoms with E-state index in [1.165, 1.54) is 0 Å². The minimum Gasteiger partial charge on any atom is -0.464 e. The molecular weight excluding hydrogens is 470 g/mol. The number of hydrogen-bond donors (Lipinski definition) is 2. The lowest BCUT2D eigenvalue weighted by atomic mass is 10.0. The molecule has 180 valence electrons. The van der Waals surface area contributed by atoms with Crippen LogP contribution in [0.15, 0.2) is 60.6 Å². The van der Waals surface area contributed by atoms with Gasteiger partial charge in [-0.05, 0) is 30.3 Å². The van der Waals surface area contributed by atoms with Gasteiger partial charge in [-0.1, -0.05) is 18.2 Å². The number of carbonyl (C=O) groups is 1. The number of hydrogen-bond acceptors (Lipinski definition) is 7. The van der Waals surface area contributed by atoms with Crippen molar-refractivity contribution >= 4 is 17.5 Å². The Bertz CT molecular complexity index is 1190. The van der Waals surface area contributed by atoms with E-state index in [1.54, 1.807) is 30.3 Å². The summed E-state index contributed by atoms with van der Waals surface area (Å²) in [4.78, 5) is 15.8. The Morgan fingerprint density at radius 3 is 2.06 bits per heavy atom. The van der Waals surface area contributed by atoms with E-state index >= 15 is 0 Å². The highest BCUT2D eigenvalue weighted by atomic mass is 19.4. The van der Waals surface area contributed by atoms with Crippen LogP contribution in [-0.4, -0.2) is 27.8 Å². The summed E-state index contributed by atoms with van der Waals surface area (Å²) in [7, 11) is 1.05. The maximum atomic E-state index is 13.2. The number of nitrogens with two attached hydrogens (primary N) is 2. The van der Waals surface area contributed by atoms with Crippen molar-refractivity contribution in [3.05, 3.63) is 71.7 Å². The van der Waals surface area contributed by atoms with Gasteiger partial charge < -0.3 is 10.5 Å². The molecule has 3 aromatic rings. The zero-order valence-corrected chi connectivity index (χ0v) is 17.2. The molecule has 0 radical (unpaired) electrons. The third-order valence-corrected chi connectivity index (χ3v) is 4.46. The first-order valence-corrected chi connectivity index (χ1v) is 9.22. The fourth-order valence-corrected chi connectivity index (χ4v) is 2.86. The summed E-state index contributed by atoms with van der Waals surface area (Å²) in [5.41, 5.74) is 1.97. The first kappa shape index (κ1) is 24.6. The fraction of sp³-hybridized carbons (Fsp3) is 0.150. The summed E-state index contributed by atoms with van der Waals surface area (Å²) in [5, 5.41) is 4.84. The molecule has 0 saturated heterocycles. The van der Waals surface area contributed by atoms with E-state index < -0.39 is 46.5 Å². The van der Waals surface area contributed by atoms with Crippen LogP contribution in [0.2, 0.25) is 0 Å². The number of benzene rings is 2. The van der Waals surface area contributed by atoms with Gasteiger partial charge in [-0.25, -0.2) is 20.3 Å². The zero-order chi connectivity index (χ0) is 25.3. The Labute approximate surface area is 188 Å². The Kier molecular flexibility index (Phi) is 6.54. The van der Waals surface area contributed by atoms with Crippen LogP contribution in [0.5, 0.6) is 0 Å². The molecule has 0 fully saturated rings. The first-order chi connectivity index (χ1) is 15.8. The molecule has 0 atom stereocenters. The Hall–Kier alpha value is -4.07. The van der Waals surface area contributed by atoms with Crippen LogP contribution < -0.4 is 16.6 Å². The highest BCUT2D eigenvalue weighted by Crippen LogP contribution is 2.38. The molecular formula is C20H16F6N6O2. The molecule has 0 aliphatic rings. The highest BCUT2D eigenvalue weighted by molar-refractivity contribution is 5.95. The maximum Gasteiger partial charge on any atom is 0.416 e. The van der Waals surface area contributed by atoms with Crippen LogP contribution >= 0.6 is 0 Å². The van der Waals surface area contributed by atoms with Gasteiger partial charge in [0.2, 0.25) is 0 Å². The fourth-order valence-electron chi connectivity index (χ4n) is 2.86. The second-order valence-corrected chi connectivity index (χ2v) is 6.74. The minimum absolute atomic E-state index is 0.0158. The van der Waals surface area contributed by atoms with E-state index in [1.807, 2.05) is 0 Å². The Balaban J connectivity index is 2.16. The molecule has 3 rings (SSSR count). The molecule has 14 heteroatoms. The molecule has 4 N–H and O–H groups in total. The number of rotatable bonds is 5. The third-order valence-electron chi connectivity index (χ3n) is 4.46. The van der Waals surface area contributed by atoms with Crippen molar-refractivity contribution in [2.45, 2.75) is 12.4 Å². The minimum atomic E-state index is -5.06. The van der Waals surface area contributed by atoms with Gasteiger partial charge in [0, 0.05) is 5.56 Å². The molecule has 8 nitrogen and oxygen atoms in total. The molecule has 1 aromatic heterocycles. The normalized spacial score (nSPS) is 12.8. The first-order valence-electron chi connectivity index (χ1n) is 9.22. The van der Waals surface area contributed by atoms with Gasteiger partial charge in [0.15, 0.2) is 17.3 Å². The molecule has 0 amide bonds. The van der Waals surface area contributed by atoms with Crippen molar-refractivity contribution in [1.29, 1.82) is 0 Å². The number of para-hydroxylation sites is 1. The van der Waals surface area contributed by atoms with Gasteiger partial charge in [-0.3, -0.25) is 5.01 Å². The molecule has 34 heavy (non-hydrogen) atoms. The van der Waals surface area contributed by atoms with E-state index in [9.17, 15) is 31.1 Å². The summed E-state index contributed by atoms with van der Waals surface area (Å²) in [6.07, 6.45) is -9.18. The van der Waals surface area contributed by atoms with Crippen molar-refractivity contribution in [2.75, 3.05) is 12.1 Å². The van der Waals surface area contributed by atoms with Gasteiger partial charge in [0.05, 0.1) is 23.9 Å². The number of methoxy groups -OCH3 is 1. The van der Waals surface area contributed by atoms with Gasteiger partial charge >= 0.3 is 18.3 Å². The number of aromatic nitrogens is 3. The Morgan fingerprint density at radius 2 is 1.56 bits per heavy atom. The number of anilines is 1. The average molecular weight is 486 g/mol. The number of hydrazine groups is 1. The van der Waals surface area contributed by atoms with Crippen LogP contribution in [0.4, 0.5) is 32.0 Å². The lowest BCUT2D eigenvalue weighted by molar-refractivity contribution is -0.143. The van der Waals surface area contributed by atoms with E-state index in [-0.39, 0.29) is 11.9 Å². The summed E-state index contributed by atoms with van der Waals surface area (Å²) in [5.74, 6) is 4.25. The lowest BCUT2D eigenvalue weighted by Gasteiger charge is -2.22. The lowest BCUT2D eigenvalue weighted by Crippen LogP contribution is -2.36. The van der Waals surface area contributed by atoms with Crippen LogP contribution in [0.25, 0.3) is 17.2 Å². The second-order valence-electron chi connectivity index (χ2n) is 6.74. The summed E-state index contributed by atoms with van der Waals surface area (Å²) < 4.78 is 84.6. The number of esters is 1. The summed E-state index contributed by atoms with van der Waals surface area (Å²) in [6, 6.07) is 8.95. The van der Waals surface area contributed by atoms with Crippen molar-refractivity contribution in [3.63, 3.8) is 0 Å². The van der Waals surface area contributed by atoms with E-state index in [2.05, 4.69) is 14.8 Å². The summed E-state index contributed by atoms with van der Waals surface area (Å²) in [6.45, 7) is 0. The van der Waals surface area contributed by atoms with Gasteiger partial charge in [-0.2, -0.15) is 26.3 Å². The quantitative estimate of drug-likeness (QED) is 0.186. The number of nitrogens with zero attached hydrogens (tertiary/aromatic N) is 4. The SMILES string of the molecule is COC(=O)/C(N)=C(/N(N)c1ccccc1)n1cnc(-c2cc(C(F)(F)F)cc(C(F)(F)F)c2)n1. The molecule has 0 bridgehead atoms. The standard InChI is InChI=1S/C20H16F6N6O2/c1-34-18(33)15(27)17(32(28)14-5-3-2-4-6-14)31-10-29-16(30-31)11-7-12(19(21,22)23)9-13(8-11)20(24,25)26/h2-10H,27-28H2,1H3/b17-15-. The van der Waals surface area contributed by atoms with Crippen LogP contribution in [0.3, 0.4) is 0 Å². The molecule has 0 saturated carbocycles. The van der Waals surface area contributed by atoms with Crippen LogP contribution in [-0.2, 0) is 21.9 Å². The number of ether oxygens (including phenoxy) is 1. The van der Waals surface area contributed by atoms with E-state index in [4.69, 9.17) is 11.6 Å². The van der Waals surface area contributed by atoms with E-state index in [0.717, 1.165) is 23.1 Å². The van der Waals surface area contributed by atoms with Crippen LogP contribution in [0.1, 0.15) is 11.1 Å². The zero-order valence-electron chi connectivity index (χ0n) is 17.2. The number of alkyl halides is 6. The van der Waals surface area contributed by atoms with Gasteiger partial charge in [0.1, 0.15) is 6.33 Å². The van der Waals surface area contributed by atoms with Crippen molar-refractivity contribution in [3.8, 4) is 11.4 Å². The average Bonchev–Trinajstić information content (AvgIpc) is 3.27. The van der Waals surface area contributed by atoms with Crippen molar-refractivity contribution in [1.82, 2.24) is 14.8 Å². The Morgan fingerprint density at radius 1 is 1.00 bits per heavy atom. The van der Waals surface area contributed by atoms with Gasteiger partial charge in [0.25, 0.3) is 0 Å². The molecule has 0 aliphatic carbocycles. The van der Waals surface area contributed by atoms with E-state index in [0.29, 0.717) is 17.8 Å². The van der Waals surface area contributed by atoms with Crippen LogP contribution in [0, 0.1) is 0 Å². The van der Waals surface area contributed by atoms with Gasteiger partial charge in [-0.15, -0.1) is 5.10 Å². The topological polar surface area (TPSA) is 112 Å². The maximum absolute atomic E-state index is 13.2. The predicted molar refractivity (Wildman–Crippen MR) is 108 cm³/mol. The predicted octanol–water partition coefficient (Wildman–Crippen LogP) is 3.62. The highest BCUT2D eigenvalue weighted by Gasteiger charge is 2.37. The molecule has 1 heterocycles. The monoisotopic (exact) mass is 486 g/mol. The smallest absolute Gasteiger partial charge is 0.416 e. The van der Waals surface area contributed by atoms with Crippen molar-refractivity contribution < 1.29 is 35.9 Å². The molecule has 0 unspecified atom stereocenters. The largest absolute Gasteiger partial charge is 0.464 e.